The zero-order valence-electron chi connectivity index (χ0n) is 11.9. The third-order valence-corrected chi connectivity index (χ3v) is 4.28. The molecule has 1 fully saturated rings. The van der Waals surface area contributed by atoms with E-state index >= 15 is 0 Å². The highest BCUT2D eigenvalue weighted by Gasteiger charge is 2.21. The van der Waals surface area contributed by atoms with Gasteiger partial charge in [0.25, 0.3) is 5.56 Å². The van der Waals surface area contributed by atoms with Crippen LogP contribution in [0.3, 0.4) is 0 Å². The van der Waals surface area contributed by atoms with Crippen LogP contribution in [-0.4, -0.2) is 22.6 Å². The number of nitrogens with one attached hydrogen (secondary N) is 2. The van der Waals surface area contributed by atoms with Crippen molar-refractivity contribution in [2.75, 3.05) is 12.4 Å². The van der Waals surface area contributed by atoms with Gasteiger partial charge in [-0.15, -0.1) is 0 Å². The molecule has 0 amide bonds. The van der Waals surface area contributed by atoms with Crippen LogP contribution in [0.5, 0.6) is 0 Å². The number of hydrogen-bond acceptors (Lipinski definition) is 4. The van der Waals surface area contributed by atoms with Crippen LogP contribution < -0.4 is 16.1 Å². The smallest absolute Gasteiger partial charge is 0.269 e. The molecule has 0 bridgehead atoms. The van der Waals surface area contributed by atoms with Gasteiger partial charge in [-0.25, -0.2) is 4.98 Å². The van der Waals surface area contributed by atoms with E-state index in [0.717, 1.165) is 35.2 Å². The molecule has 5 nitrogen and oxygen atoms in total. The normalized spacial score (nSPS) is 13.8. The van der Waals surface area contributed by atoms with Gasteiger partial charge in [0, 0.05) is 28.9 Å². The number of fused-ring (bicyclic) bond motifs is 3. The molecule has 22 heavy (non-hydrogen) atoms. The van der Waals surface area contributed by atoms with Crippen LogP contribution in [-0.2, 0) is 0 Å². The molecule has 3 aromatic rings. The number of rotatable bonds is 2. The van der Waals surface area contributed by atoms with Gasteiger partial charge in [0.2, 0.25) is 0 Å². The minimum Gasteiger partial charge on any atom is -0.372 e. The van der Waals surface area contributed by atoms with Gasteiger partial charge in [-0.2, -0.15) is 0 Å². The lowest BCUT2D eigenvalue weighted by Crippen LogP contribution is -2.22. The van der Waals surface area contributed by atoms with E-state index < -0.39 is 0 Å². The van der Waals surface area contributed by atoms with Crippen LogP contribution in [0.25, 0.3) is 22.1 Å². The summed E-state index contributed by atoms with van der Waals surface area (Å²) in [7, 11) is 1.70. The summed E-state index contributed by atoms with van der Waals surface area (Å²) in [5.74, 6) is 0.434. The molecule has 0 aliphatic heterocycles. The van der Waals surface area contributed by atoms with Crippen molar-refractivity contribution in [1.82, 2.24) is 9.38 Å². The molecule has 0 saturated heterocycles. The highest BCUT2D eigenvalue weighted by atomic mass is 35.5. The first-order chi connectivity index (χ1) is 10.7. The molecule has 0 atom stereocenters. The topological polar surface area (TPSA) is 70.2 Å². The fraction of sp³-hybridized carbons (Fsp3) is 0.188. The second-order valence-electron chi connectivity index (χ2n) is 5.37. The lowest BCUT2D eigenvalue weighted by atomic mass is 10.2. The van der Waals surface area contributed by atoms with Gasteiger partial charge in [-0.05, 0) is 31.0 Å². The number of anilines is 1. The van der Waals surface area contributed by atoms with Crippen molar-refractivity contribution in [3.05, 3.63) is 44.4 Å². The Balaban J connectivity index is 2.36. The van der Waals surface area contributed by atoms with Gasteiger partial charge < -0.3 is 10.7 Å². The number of hydrogen-bond donors (Lipinski definition) is 2. The summed E-state index contributed by atoms with van der Waals surface area (Å²) in [6.45, 7) is 0. The maximum Gasteiger partial charge on any atom is 0.269 e. The van der Waals surface area contributed by atoms with Crippen LogP contribution in [0.4, 0.5) is 5.82 Å². The Labute approximate surface area is 130 Å². The van der Waals surface area contributed by atoms with E-state index in [4.69, 9.17) is 17.0 Å². The Morgan fingerprint density at radius 3 is 2.82 bits per heavy atom. The summed E-state index contributed by atoms with van der Waals surface area (Å²) in [6, 6.07) is 5.49. The minimum absolute atomic E-state index is 0.232. The van der Waals surface area contributed by atoms with E-state index in [9.17, 15) is 4.79 Å². The summed E-state index contributed by atoms with van der Waals surface area (Å²) < 4.78 is 1.59. The molecule has 1 aromatic carbocycles. The number of nitrogens with zero attached hydrogens (tertiary/aromatic N) is 2. The molecule has 1 saturated carbocycles. The number of halogens is 1. The second kappa shape index (κ2) is 4.55. The largest absolute Gasteiger partial charge is 0.372 e. The highest BCUT2D eigenvalue weighted by Crippen LogP contribution is 2.31. The Kier molecular flexibility index (Phi) is 2.74. The predicted molar refractivity (Wildman–Crippen MR) is 89.3 cm³/mol. The van der Waals surface area contributed by atoms with Gasteiger partial charge in [0.15, 0.2) is 5.65 Å². The number of benzene rings is 1. The Hall–Kier alpha value is -2.40. The summed E-state index contributed by atoms with van der Waals surface area (Å²) in [5, 5.41) is 13.0. The van der Waals surface area contributed by atoms with Crippen molar-refractivity contribution in [3.63, 3.8) is 0 Å². The first-order valence-electron chi connectivity index (χ1n) is 7.03. The lowest BCUT2D eigenvalue weighted by molar-refractivity contribution is 1.09. The minimum atomic E-state index is -0.232. The van der Waals surface area contributed by atoms with E-state index in [1.54, 1.807) is 17.5 Å². The molecule has 4 rings (SSSR count). The van der Waals surface area contributed by atoms with Crippen molar-refractivity contribution in [1.29, 1.82) is 5.41 Å². The molecule has 1 aliphatic carbocycles. The number of aromatic nitrogens is 2. The SMILES string of the molecule is CNc1nc2c(=C3CC3)c3cc(Cl)ccc3n2c(=O)c1C=N. The summed E-state index contributed by atoms with van der Waals surface area (Å²) in [5.41, 5.74) is 2.76. The summed E-state index contributed by atoms with van der Waals surface area (Å²) in [4.78, 5) is 17.4. The maximum atomic E-state index is 12.8. The van der Waals surface area contributed by atoms with E-state index in [0.29, 0.717) is 16.5 Å². The van der Waals surface area contributed by atoms with Crippen LogP contribution in [0.1, 0.15) is 18.4 Å². The van der Waals surface area contributed by atoms with Gasteiger partial charge in [-0.3, -0.25) is 9.20 Å². The van der Waals surface area contributed by atoms with Crippen molar-refractivity contribution in [2.45, 2.75) is 12.8 Å². The zero-order valence-corrected chi connectivity index (χ0v) is 12.7. The van der Waals surface area contributed by atoms with Crippen molar-refractivity contribution >= 4 is 45.8 Å². The average molecular weight is 313 g/mol. The molecule has 6 heteroatoms. The molecule has 0 spiro atoms. The molecule has 0 radical (unpaired) electrons. The standard InChI is InChI=1S/C16H13ClN4O/c1-19-14-11(7-18)16(22)21-12-5-4-9(17)6-10(12)13(8-2-3-8)15(21)20-14/h4-7,18-19H,2-3H2,1H3. The first-order valence-corrected chi connectivity index (χ1v) is 7.41. The second-order valence-corrected chi connectivity index (χ2v) is 5.81. The zero-order chi connectivity index (χ0) is 15.4. The van der Waals surface area contributed by atoms with Crippen molar-refractivity contribution < 1.29 is 0 Å². The van der Waals surface area contributed by atoms with Crippen LogP contribution in [0.15, 0.2) is 23.0 Å². The van der Waals surface area contributed by atoms with E-state index in [1.807, 2.05) is 12.1 Å². The van der Waals surface area contributed by atoms with E-state index in [1.165, 1.54) is 5.57 Å². The summed E-state index contributed by atoms with van der Waals surface area (Å²) in [6.07, 6.45) is 3.10. The Bertz CT molecular complexity index is 1060. The molecule has 1 aliphatic rings. The third kappa shape index (κ3) is 1.69. The van der Waals surface area contributed by atoms with Gasteiger partial charge >= 0.3 is 0 Å². The van der Waals surface area contributed by atoms with Crippen LogP contribution >= 0.6 is 11.6 Å². The Morgan fingerprint density at radius 2 is 2.18 bits per heavy atom. The fourth-order valence-corrected chi connectivity index (χ4v) is 3.10. The predicted octanol–water partition coefficient (Wildman–Crippen LogP) is 2.20. The van der Waals surface area contributed by atoms with Crippen LogP contribution in [0, 0.1) is 5.41 Å². The first kappa shape index (κ1) is 13.3. The molecule has 0 unspecified atom stereocenters. The third-order valence-electron chi connectivity index (χ3n) is 4.05. The molecule has 2 aromatic heterocycles. The summed E-state index contributed by atoms with van der Waals surface area (Å²) >= 11 is 6.13. The van der Waals surface area contributed by atoms with E-state index in [-0.39, 0.29) is 11.1 Å². The van der Waals surface area contributed by atoms with Gasteiger partial charge in [-0.1, -0.05) is 17.2 Å². The molecular formula is C16H13ClN4O. The van der Waals surface area contributed by atoms with Crippen molar-refractivity contribution in [3.8, 4) is 0 Å². The van der Waals surface area contributed by atoms with Gasteiger partial charge in [0.1, 0.15) is 11.4 Å². The molecule has 2 heterocycles. The fourth-order valence-electron chi connectivity index (χ4n) is 2.93. The maximum absolute atomic E-state index is 12.8. The monoisotopic (exact) mass is 312 g/mol. The molecule has 2 N–H and O–H groups in total. The Morgan fingerprint density at radius 1 is 1.41 bits per heavy atom. The highest BCUT2D eigenvalue weighted by molar-refractivity contribution is 6.31. The van der Waals surface area contributed by atoms with E-state index in [2.05, 4.69) is 10.3 Å². The van der Waals surface area contributed by atoms with Crippen molar-refractivity contribution in [2.24, 2.45) is 0 Å². The molecular weight excluding hydrogens is 300 g/mol. The lowest BCUT2D eigenvalue weighted by Gasteiger charge is -2.04. The average Bonchev–Trinajstić information content (AvgIpc) is 3.28. The van der Waals surface area contributed by atoms with Gasteiger partial charge in [0.05, 0.1) is 5.52 Å². The quantitative estimate of drug-likeness (QED) is 0.713. The van der Waals surface area contributed by atoms with Crippen LogP contribution in [0.2, 0.25) is 5.02 Å². The molecule has 110 valence electrons.